The van der Waals surface area contributed by atoms with Crippen LogP contribution >= 0.6 is 0 Å². The van der Waals surface area contributed by atoms with E-state index in [-0.39, 0.29) is 11.3 Å². The minimum atomic E-state index is -1.79. The molecular weight excluding hydrogens is 346 g/mol. The number of ketones is 1. The molecule has 0 amide bonds. The Hall–Kier alpha value is -2.81. The van der Waals surface area contributed by atoms with Crippen molar-refractivity contribution in [2.75, 3.05) is 14.2 Å². The van der Waals surface area contributed by atoms with Crippen molar-refractivity contribution in [3.05, 3.63) is 39.9 Å². The number of nitrogens with zero attached hydrogens (tertiary/aromatic N) is 1. The number of nitro groups is 1. The van der Waals surface area contributed by atoms with Crippen molar-refractivity contribution >= 4 is 23.4 Å². The molecule has 140 valence electrons. The van der Waals surface area contributed by atoms with E-state index >= 15 is 0 Å². The predicted octanol–water partition coefficient (Wildman–Crippen LogP) is 0.981. The first-order chi connectivity index (χ1) is 12.1. The smallest absolute Gasteiger partial charge is 0.316 e. The highest BCUT2D eigenvalue weighted by Gasteiger charge is 2.57. The second kappa shape index (κ2) is 7.20. The third kappa shape index (κ3) is 3.43. The fourth-order valence-electron chi connectivity index (χ4n) is 3.52. The molecule has 4 atom stereocenters. The summed E-state index contributed by atoms with van der Waals surface area (Å²) in [5.41, 5.74) is -1.87. The van der Waals surface area contributed by atoms with Gasteiger partial charge in [0.2, 0.25) is 0 Å². The first-order valence-corrected chi connectivity index (χ1v) is 7.79. The molecule has 2 rings (SSSR count). The molecule has 1 fully saturated rings. The number of esters is 2. The third-order valence-electron chi connectivity index (χ3n) is 4.64. The first kappa shape index (κ1) is 19.5. The number of carbonyl (C=O) groups is 3. The van der Waals surface area contributed by atoms with E-state index in [0.717, 1.165) is 14.2 Å². The molecule has 0 aliphatic heterocycles. The molecular formula is C17H19NO8. The summed E-state index contributed by atoms with van der Waals surface area (Å²) >= 11 is 0. The maximum atomic E-state index is 12.5. The van der Waals surface area contributed by atoms with Gasteiger partial charge in [0.15, 0.2) is 5.78 Å². The van der Waals surface area contributed by atoms with Gasteiger partial charge in [-0.15, -0.1) is 0 Å². The van der Waals surface area contributed by atoms with Gasteiger partial charge >= 0.3 is 11.9 Å². The summed E-state index contributed by atoms with van der Waals surface area (Å²) in [6, 6.07) is 5.25. The van der Waals surface area contributed by atoms with Crippen molar-refractivity contribution in [1.82, 2.24) is 0 Å². The molecule has 9 nitrogen and oxygen atoms in total. The minimum absolute atomic E-state index is 0.193. The maximum Gasteiger partial charge on any atom is 0.316 e. The Morgan fingerprint density at radius 2 is 1.88 bits per heavy atom. The zero-order chi connectivity index (χ0) is 19.6. The van der Waals surface area contributed by atoms with E-state index < -0.39 is 52.4 Å². The van der Waals surface area contributed by atoms with Crippen LogP contribution in [0.25, 0.3) is 0 Å². The largest absolute Gasteiger partial charge is 0.469 e. The summed E-state index contributed by atoms with van der Waals surface area (Å²) in [5.74, 6) is -6.14. The Bertz CT molecular complexity index is 757. The van der Waals surface area contributed by atoms with E-state index in [9.17, 15) is 29.6 Å². The highest BCUT2D eigenvalue weighted by molar-refractivity contribution is 6.02. The van der Waals surface area contributed by atoms with Crippen LogP contribution in [-0.2, 0) is 23.9 Å². The van der Waals surface area contributed by atoms with Crippen molar-refractivity contribution in [1.29, 1.82) is 0 Å². The van der Waals surface area contributed by atoms with Crippen LogP contribution in [0.4, 0.5) is 5.69 Å². The lowest BCUT2D eigenvalue weighted by atomic mass is 9.61. The third-order valence-corrected chi connectivity index (χ3v) is 4.64. The molecule has 1 aliphatic rings. The second-order valence-electron chi connectivity index (χ2n) is 6.38. The zero-order valence-electron chi connectivity index (χ0n) is 14.5. The fourth-order valence-corrected chi connectivity index (χ4v) is 3.52. The quantitative estimate of drug-likeness (QED) is 0.361. The summed E-state index contributed by atoms with van der Waals surface area (Å²) in [5, 5.41) is 21.8. The van der Waals surface area contributed by atoms with Gasteiger partial charge < -0.3 is 14.6 Å². The molecule has 0 radical (unpaired) electrons. The molecule has 0 aromatic heterocycles. The SMILES string of the molecule is COC(=O)[C@@H]1C(=O)C[C@@](C)(O)[C@@H](C(=O)OC)[C@H]1c1cccc([N+](=O)[O-])c1. The van der Waals surface area contributed by atoms with E-state index in [4.69, 9.17) is 9.47 Å². The predicted molar refractivity (Wildman–Crippen MR) is 87.1 cm³/mol. The van der Waals surface area contributed by atoms with Gasteiger partial charge in [-0.25, -0.2) is 0 Å². The van der Waals surface area contributed by atoms with Crippen LogP contribution in [0, 0.1) is 22.0 Å². The van der Waals surface area contributed by atoms with Crippen LogP contribution in [0.1, 0.15) is 24.8 Å². The minimum Gasteiger partial charge on any atom is -0.469 e. The van der Waals surface area contributed by atoms with Crippen molar-refractivity contribution in [2.24, 2.45) is 11.8 Å². The average Bonchev–Trinajstić information content (AvgIpc) is 2.59. The number of carbonyl (C=O) groups excluding carboxylic acids is 3. The van der Waals surface area contributed by atoms with Crippen molar-refractivity contribution < 1.29 is 33.9 Å². The Kier molecular flexibility index (Phi) is 5.41. The Morgan fingerprint density at radius 1 is 1.27 bits per heavy atom. The number of Topliss-reactive ketones (excluding diaryl/α,β-unsaturated/α-hetero) is 1. The lowest BCUT2D eigenvalue weighted by Gasteiger charge is -2.43. The van der Waals surface area contributed by atoms with E-state index in [0.29, 0.717) is 0 Å². The Balaban J connectivity index is 2.69. The topological polar surface area (TPSA) is 133 Å². The standard InChI is InChI=1S/C17H19NO8/c1-17(22)8-11(19)13(15(20)25-2)12(14(17)16(21)26-3)9-5-4-6-10(7-9)18(23)24/h4-7,12-14,22H,8H2,1-3H3/t12-,13+,14+,17+/m0/s1. The van der Waals surface area contributed by atoms with Gasteiger partial charge in [0.05, 0.1) is 30.7 Å². The molecule has 1 aromatic carbocycles. The Morgan fingerprint density at radius 3 is 2.42 bits per heavy atom. The van der Waals surface area contributed by atoms with Gasteiger partial charge in [0, 0.05) is 24.5 Å². The summed E-state index contributed by atoms with van der Waals surface area (Å²) in [6.45, 7) is 1.30. The van der Waals surface area contributed by atoms with Crippen molar-refractivity contribution in [2.45, 2.75) is 24.9 Å². The van der Waals surface area contributed by atoms with E-state index in [2.05, 4.69) is 0 Å². The number of hydrogen-bond donors (Lipinski definition) is 1. The Labute approximate surface area is 149 Å². The van der Waals surface area contributed by atoms with Crippen molar-refractivity contribution in [3.63, 3.8) is 0 Å². The average molecular weight is 365 g/mol. The molecule has 1 saturated carbocycles. The number of nitro benzene ring substituents is 1. The maximum absolute atomic E-state index is 12.5. The number of methoxy groups -OCH3 is 2. The van der Waals surface area contributed by atoms with E-state index in [1.807, 2.05) is 0 Å². The molecule has 1 aliphatic carbocycles. The fraction of sp³-hybridized carbons (Fsp3) is 0.471. The molecule has 9 heteroatoms. The van der Waals surface area contributed by atoms with Crippen LogP contribution in [-0.4, -0.2) is 47.6 Å². The van der Waals surface area contributed by atoms with Gasteiger partial charge in [-0.05, 0) is 12.5 Å². The summed E-state index contributed by atoms with van der Waals surface area (Å²) in [4.78, 5) is 47.6. The van der Waals surface area contributed by atoms with Crippen molar-refractivity contribution in [3.8, 4) is 0 Å². The van der Waals surface area contributed by atoms with Gasteiger partial charge in [-0.2, -0.15) is 0 Å². The normalized spacial score (nSPS) is 28.3. The monoisotopic (exact) mass is 365 g/mol. The lowest BCUT2D eigenvalue weighted by molar-refractivity contribution is -0.385. The molecule has 26 heavy (non-hydrogen) atoms. The zero-order valence-corrected chi connectivity index (χ0v) is 14.5. The van der Waals surface area contributed by atoms with Crippen LogP contribution < -0.4 is 0 Å². The second-order valence-corrected chi connectivity index (χ2v) is 6.38. The van der Waals surface area contributed by atoms with Crippen LogP contribution in [0.5, 0.6) is 0 Å². The number of rotatable bonds is 4. The number of non-ortho nitro benzene ring substituents is 1. The number of aliphatic hydroxyl groups is 1. The summed E-state index contributed by atoms with van der Waals surface area (Å²) in [6.07, 6.45) is -0.446. The highest BCUT2D eigenvalue weighted by Crippen LogP contribution is 2.47. The first-order valence-electron chi connectivity index (χ1n) is 7.79. The summed E-state index contributed by atoms with van der Waals surface area (Å²) < 4.78 is 9.45. The van der Waals surface area contributed by atoms with Gasteiger partial charge in [0.1, 0.15) is 5.92 Å². The molecule has 0 heterocycles. The van der Waals surface area contributed by atoms with Crippen LogP contribution in [0.15, 0.2) is 24.3 Å². The highest BCUT2D eigenvalue weighted by atomic mass is 16.6. The molecule has 0 unspecified atom stereocenters. The molecule has 0 spiro atoms. The molecule has 0 bridgehead atoms. The van der Waals surface area contributed by atoms with E-state index in [1.54, 1.807) is 0 Å². The molecule has 1 N–H and O–H groups in total. The van der Waals surface area contributed by atoms with Gasteiger partial charge in [-0.3, -0.25) is 24.5 Å². The van der Waals surface area contributed by atoms with Crippen LogP contribution in [0.2, 0.25) is 0 Å². The van der Waals surface area contributed by atoms with Gasteiger partial charge in [0.25, 0.3) is 5.69 Å². The lowest BCUT2D eigenvalue weighted by Crippen LogP contribution is -2.55. The van der Waals surface area contributed by atoms with E-state index in [1.165, 1.54) is 31.2 Å². The summed E-state index contributed by atoms with van der Waals surface area (Å²) in [7, 11) is 2.21. The van der Waals surface area contributed by atoms with Gasteiger partial charge in [-0.1, -0.05) is 12.1 Å². The number of benzene rings is 1. The molecule has 0 saturated heterocycles. The molecule has 1 aromatic rings. The van der Waals surface area contributed by atoms with Crippen LogP contribution in [0.3, 0.4) is 0 Å². The number of hydrogen-bond acceptors (Lipinski definition) is 8. The number of ether oxygens (including phenoxy) is 2.